The molecular formula is C27H27N3O6. The van der Waals surface area contributed by atoms with E-state index in [1.807, 2.05) is 50.2 Å². The third-order valence-corrected chi connectivity index (χ3v) is 5.73. The van der Waals surface area contributed by atoms with E-state index in [2.05, 4.69) is 4.98 Å². The summed E-state index contributed by atoms with van der Waals surface area (Å²) in [6.07, 6.45) is 6.85. The molecule has 36 heavy (non-hydrogen) atoms. The number of nitro groups is 1. The molecule has 0 amide bonds. The molecule has 1 aliphatic rings. The minimum Gasteiger partial charge on any atom is -0.461 e. The van der Waals surface area contributed by atoms with Crippen LogP contribution in [0, 0.1) is 21.4 Å². The Balaban J connectivity index is 2.14. The topological polar surface area (TPSA) is 132 Å². The van der Waals surface area contributed by atoms with Gasteiger partial charge in [0, 0.05) is 10.8 Å². The van der Waals surface area contributed by atoms with Crippen LogP contribution in [0.15, 0.2) is 54.6 Å². The molecule has 2 aromatic rings. The number of aryl methyl sites for hydroxylation is 2. The molecule has 0 fully saturated rings. The second kappa shape index (κ2) is 12.4. The normalized spacial score (nSPS) is 16.2. The Morgan fingerprint density at radius 1 is 1.00 bits per heavy atom. The van der Waals surface area contributed by atoms with E-state index in [9.17, 15) is 19.7 Å². The van der Waals surface area contributed by atoms with Crippen LogP contribution in [0.4, 0.5) is 0 Å². The molecule has 1 aromatic carbocycles. The van der Waals surface area contributed by atoms with Crippen LogP contribution in [-0.4, -0.2) is 34.5 Å². The Bertz CT molecular complexity index is 1220. The molecule has 186 valence electrons. The fourth-order valence-electron chi connectivity index (χ4n) is 4.00. The Morgan fingerprint density at radius 3 is 2.11 bits per heavy atom. The van der Waals surface area contributed by atoms with Crippen molar-refractivity contribution in [1.82, 2.24) is 4.98 Å². The van der Waals surface area contributed by atoms with Crippen LogP contribution in [0.2, 0.25) is 0 Å². The van der Waals surface area contributed by atoms with Gasteiger partial charge < -0.3 is 9.47 Å². The standard InChI is InChI=1S/C27H27N3O6/c1-3-21-24(26(31)35-16-8-15-28)23(19-11-13-20(14-12-19)30(33)34)25(22(4-2)29-21)27(32)36-17-18-9-6-5-7-10-18/h5-7,9-14,19-20H,3-4,8,16-17H2,1-2H3. The number of rotatable bonds is 10. The van der Waals surface area contributed by atoms with E-state index in [4.69, 9.17) is 14.7 Å². The smallest absolute Gasteiger partial charge is 0.340 e. The third-order valence-electron chi connectivity index (χ3n) is 5.73. The summed E-state index contributed by atoms with van der Waals surface area (Å²) >= 11 is 0. The van der Waals surface area contributed by atoms with Gasteiger partial charge in [-0.05, 0) is 36.1 Å². The monoisotopic (exact) mass is 489 g/mol. The first-order valence-corrected chi connectivity index (χ1v) is 11.7. The van der Waals surface area contributed by atoms with Crippen molar-refractivity contribution in [2.24, 2.45) is 0 Å². The van der Waals surface area contributed by atoms with E-state index in [1.54, 1.807) is 12.2 Å². The van der Waals surface area contributed by atoms with Crippen LogP contribution in [-0.2, 0) is 28.9 Å². The van der Waals surface area contributed by atoms with E-state index in [0.717, 1.165) is 5.56 Å². The Hall–Kier alpha value is -4.32. The molecule has 0 bridgehead atoms. The van der Waals surface area contributed by atoms with Gasteiger partial charge in [-0.15, -0.1) is 0 Å². The van der Waals surface area contributed by atoms with Crippen molar-refractivity contribution < 1.29 is 24.0 Å². The van der Waals surface area contributed by atoms with E-state index >= 15 is 0 Å². The lowest BCUT2D eigenvalue weighted by Gasteiger charge is -2.23. The molecule has 1 aromatic heterocycles. The van der Waals surface area contributed by atoms with Crippen molar-refractivity contribution in [3.63, 3.8) is 0 Å². The van der Waals surface area contributed by atoms with E-state index in [-0.39, 0.29) is 30.8 Å². The molecule has 9 heteroatoms. The predicted molar refractivity (Wildman–Crippen MR) is 131 cm³/mol. The summed E-state index contributed by atoms with van der Waals surface area (Å²) in [7, 11) is 0. The highest BCUT2D eigenvalue weighted by molar-refractivity contribution is 6.00. The quantitative estimate of drug-likeness (QED) is 0.157. The maximum absolute atomic E-state index is 13.5. The lowest BCUT2D eigenvalue weighted by Crippen LogP contribution is -2.24. The molecule has 0 unspecified atom stereocenters. The maximum atomic E-state index is 13.5. The zero-order valence-electron chi connectivity index (χ0n) is 20.2. The highest BCUT2D eigenvalue weighted by Crippen LogP contribution is 2.34. The predicted octanol–water partition coefficient (Wildman–Crippen LogP) is 4.49. The molecule has 1 aliphatic carbocycles. The number of allylic oxidation sites excluding steroid dienone is 2. The van der Waals surface area contributed by atoms with E-state index in [0.29, 0.717) is 29.8 Å². The number of pyridine rings is 1. The van der Waals surface area contributed by atoms with Gasteiger partial charge in [-0.3, -0.25) is 15.1 Å². The minimum atomic E-state index is -1.00. The Kier molecular flexibility index (Phi) is 9.06. The van der Waals surface area contributed by atoms with Gasteiger partial charge in [-0.25, -0.2) is 9.59 Å². The van der Waals surface area contributed by atoms with Crippen molar-refractivity contribution >= 4 is 11.9 Å². The number of ether oxygens (including phenoxy) is 2. The number of hydrogen-bond donors (Lipinski definition) is 0. The van der Waals surface area contributed by atoms with Crippen LogP contribution >= 0.6 is 0 Å². The van der Waals surface area contributed by atoms with Crippen molar-refractivity contribution in [2.45, 2.75) is 51.7 Å². The summed E-state index contributed by atoms with van der Waals surface area (Å²) in [5, 5.41) is 20.1. The molecule has 0 saturated carbocycles. The van der Waals surface area contributed by atoms with Crippen LogP contribution in [0.3, 0.4) is 0 Å². The summed E-state index contributed by atoms with van der Waals surface area (Å²) in [6.45, 7) is 3.60. The van der Waals surface area contributed by atoms with Crippen molar-refractivity contribution in [1.29, 1.82) is 5.26 Å². The van der Waals surface area contributed by atoms with Crippen molar-refractivity contribution in [3.05, 3.63) is 98.4 Å². The number of carbonyl (C=O) groups excluding carboxylic acids is 2. The van der Waals surface area contributed by atoms with E-state index < -0.39 is 28.8 Å². The molecular weight excluding hydrogens is 462 g/mol. The van der Waals surface area contributed by atoms with E-state index in [1.165, 1.54) is 12.2 Å². The van der Waals surface area contributed by atoms with Crippen LogP contribution < -0.4 is 0 Å². The minimum absolute atomic E-state index is 0.0166. The lowest BCUT2D eigenvalue weighted by atomic mass is 9.84. The number of benzene rings is 1. The number of aromatic nitrogens is 1. The Morgan fingerprint density at radius 2 is 1.58 bits per heavy atom. The first kappa shape index (κ1) is 26.3. The largest absolute Gasteiger partial charge is 0.461 e. The number of esters is 2. The fraction of sp³-hybridized carbons (Fsp3) is 0.333. The average molecular weight is 490 g/mol. The SMILES string of the molecule is CCc1nc(CC)c(C(=O)OCc2ccccc2)c(C2C=CC([N+](=O)[O-])C=C2)c1C(=O)OCCC#N. The zero-order chi connectivity index (χ0) is 26.1. The number of carbonyl (C=O) groups is 2. The molecule has 0 aliphatic heterocycles. The summed E-state index contributed by atoms with van der Waals surface area (Å²) in [5.74, 6) is -1.97. The van der Waals surface area contributed by atoms with Gasteiger partial charge >= 0.3 is 11.9 Å². The summed E-state index contributed by atoms with van der Waals surface area (Å²) < 4.78 is 11.0. The highest BCUT2D eigenvalue weighted by atomic mass is 16.6. The van der Waals surface area contributed by atoms with Gasteiger partial charge in [0.05, 0.1) is 35.0 Å². The molecule has 0 spiro atoms. The van der Waals surface area contributed by atoms with Crippen LogP contribution in [0.1, 0.15) is 69.4 Å². The number of nitriles is 1. The first-order chi connectivity index (χ1) is 17.4. The third kappa shape index (κ3) is 6.02. The summed E-state index contributed by atoms with van der Waals surface area (Å²) in [4.78, 5) is 42.1. The number of hydrogen-bond acceptors (Lipinski definition) is 8. The lowest BCUT2D eigenvalue weighted by molar-refractivity contribution is -0.496. The van der Waals surface area contributed by atoms with Crippen LogP contribution in [0.5, 0.6) is 0 Å². The second-order valence-electron chi connectivity index (χ2n) is 8.05. The summed E-state index contributed by atoms with van der Waals surface area (Å²) in [6, 6.07) is 10.1. The average Bonchev–Trinajstić information content (AvgIpc) is 2.91. The molecule has 1 heterocycles. The Labute approximate surface area is 209 Å². The molecule has 0 atom stereocenters. The number of nitrogens with zero attached hydrogens (tertiary/aromatic N) is 3. The zero-order valence-corrected chi connectivity index (χ0v) is 20.2. The molecule has 3 rings (SSSR count). The van der Waals surface area contributed by atoms with Gasteiger partial charge in [0.15, 0.2) is 0 Å². The van der Waals surface area contributed by atoms with Crippen molar-refractivity contribution in [2.75, 3.05) is 6.61 Å². The van der Waals surface area contributed by atoms with Crippen LogP contribution in [0.25, 0.3) is 0 Å². The highest BCUT2D eigenvalue weighted by Gasteiger charge is 2.32. The summed E-state index contributed by atoms with van der Waals surface area (Å²) in [5.41, 5.74) is 2.32. The molecule has 0 radical (unpaired) electrons. The second-order valence-corrected chi connectivity index (χ2v) is 8.05. The van der Waals surface area contributed by atoms with Gasteiger partial charge in [0.2, 0.25) is 6.04 Å². The van der Waals surface area contributed by atoms with Gasteiger partial charge in [0.1, 0.15) is 13.2 Å². The molecule has 0 saturated heterocycles. The molecule has 9 nitrogen and oxygen atoms in total. The fourth-order valence-corrected chi connectivity index (χ4v) is 4.00. The van der Waals surface area contributed by atoms with Gasteiger partial charge in [-0.2, -0.15) is 5.26 Å². The van der Waals surface area contributed by atoms with Gasteiger partial charge in [0.25, 0.3) is 0 Å². The van der Waals surface area contributed by atoms with Gasteiger partial charge in [-0.1, -0.05) is 56.3 Å². The maximum Gasteiger partial charge on any atom is 0.340 e. The first-order valence-electron chi connectivity index (χ1n) is 11.7. The van der Waals surface area contributed by atoms with Crippen molar-refractivity contribution in [3.8, 4) is 6.07 Å². The molecule has 0 N–H and O–H groups in total.